The van der Waals surface area contributed by atoms with Gasteiger partial charge in [-0.2, -0.15) is 0 Å². The first-order chi connectivity index (χ1) is 10.3. The molecule has 0 aliphatic rings. The second-order valence-corrected chi connectivity index (χ2v) is 5.10. The molecule has 3 aromatic heterocycles. The van der Waals surface area contributed by atoms with Crippen LogP contribution in [0.3, 0.4) is 0 Å². The molecular formula is C13H12N6OS. The fourth-order valence-corrected chi connectivity index (χ4v) is 2.37. The van der Waals surface area contributed by atoms with Gasteiger partial charge in [0.25, 0.3) is 5.91 Å². The molecule has 3 heterocycles. The van der Waals surface area contributed by atoms with Gasteiger partial charge in [-0.1, -0.05) is 0 Å². The summed E-state index contributed by atoms with van der Waals surface area (Å²) < 4.78 is 1.78. The third-order valence-corrected chi connectivity index (χ3v) is 3.60. The number of hydrogen-bond acceptors (Lipinski definition) is 6. The Kier molecular flexibility index (Phi) is 3.71. The van der Waals surface area contributed by atoms with Crippen LogP contribution in [0.1, 0.15) is 15.5 Å². The smallest absolute Gasteiger partial charge is 0.275 e. The minimum Gasteiger partial charge on any atom is -0.325 e. The molecule has 106 valence electrons. The number of carbonyl (C=O) groups excluding carboxylic acids is 1. The Hall–Kier alpha value is -2.58. The first-order valence-electron chi connectivity index (χ1n) is 6.16. The number of carbonyl (C=O) groups is 1. The van der Waals surface area contributed by atoms with Gasteiger partial charge < -0.3 is 11.1 Å². The molecule has 0 fully saturated rings. The topological polar surface area (TPSA) is 98.7 Å². The van der Waals surface area contributed by atoms with Crippen LogP contribution in [0.4, 0.5) is 5.69 Å². The maximum absolute atomic E-state index is 12.0. The summed E-state index contributed by atoms with van der Waals surface area (Å²) in [6.45, 7) is 0.332. The molecule has 0 aliphatic heterocycles. The molecule has 0 saturated heterocycles. The number of rotatable bonds is 4. The summed E-state index contributed by atoms with van der Waals surface area (Å²) >= 11 is 1.37. The maximum atomic E-state index is 12.0. The third-order valence-electron chi connectivity index (χ3n) is 2.73. The molecule has 3 aromatic rings. The van der Waals surface area contributed by atoms with Crippen LogP contribution in [0.25, 0.3) is 5.82 Å². The van der Waals surface area contributed by atoms with Crippen molar-refractivity contribution in [1.82, 2.24) is 19.5 Å². The number of nitrogens with zero attached hydrogens (tertiary/aromatic N) is 4. The summed E-state index contributed by atoms with van der Waals surface area (Å²) in [6, 6.07) is 3.57. The third kappa shape index (κ3) is 2.96. The van der Waals surface area contributed by atoms with Crippen molar-refractivity contribution in [1.29, 1.82) is 0 Å². The standard InChI is InChI=1S/C13H12N6OS/c14-5-12-18-10(7-21-12)13(20)17-9-1-2-11(16-6-9)19-4-3-15-8-19/h1-4,6-8H,5,14H2,(H,17,20). The van der Waals surface area contributed by atoms with Crippen molar-refractivity contribution in [2.75, 3.05) is 5.32 Å². The number of anilines is 1. The second kappa shape index (κ2) is 5.81. The van der Waals surface area contributed by atoms with Crippen LogP contribution < -0.4 is 11.1 Å². The monoisotopic (exact) mass is 300 g/mol. The lowest BCUT2D eigenvalue weighted by molar-refractivity contribution is 0.102. The van der Waals surface area contributed by atoms with Gasteiger partial charge >= 0.3 is 0 Å². The fraction of sp³-hybridized carbons (Fsp3) is 0.0769. The van der Waals surface area contributed by atoms with Gasteiger partial charge in [-0.3, -0.25) is 9.36 Å². The summed E-state index contributed by atoms with van der Waals surface area (Å²) in [5.74, 6) is 0.452. The zero-order valence-corrected chi connectivity index (χ0v) is 11.7. The first-order valence-corrected chi connectivity index (χ1v) is 7.04. The lowest BCUT2D eigenvalue weighted by Crippen LogP contribution is -2.13. The Morgan fingerprint density at radius 2 is 2.33 bits per heavy atom. The van der Waals surface area contributed by atoms with E-state index in [1.54, 1.807) is 47.0 Å². The lowest BCUT2D eigenvalue weighted by Gasteiger charge is -2.04. The van der Waals surface area contributed by atoms with Crippen molar-refractivity contribution >= 4 is 22.9 Å². The van der Waals surface area contributed by atoms with Crippen molar-refractivity contribution in [3.8, 4) is 5.82 Å². The van der Waals surface area contributed by atoms with Gasteiger partial charge in [0.2, 0.25) is 0 Å². The quantitative estimate of drug-likeness (QED) is 0.759. The van der Waals surface area contributed by atoms with Gasteiger partial charge in [-0.15, -0.1) is 11.3 Å². The van der Waals surface area contributed by atoms with Crippen LogP contribution in [0.15, 0.2) is 42.4 Å². The zero-order chi connectivity index (χ0) is 14.7. The molecule has 0 bridgehead atoms. The molecule has 3 rings (SSSR count). The van der Waals surface area contributed by atoms with Crippen LogP contribution in [0.5, 0.6) is 0 Å². The summed E-state index contributed by atoms with van der Waals surface area (Å²) in [5.41, 5.74) is 6.44. The van der Waals surface area contributed by atoms with Crippen LogP contribution in [0.2, 0.25) is 0 Å². The Morgan fingerprint density at radius 1 is 1.43 bits per heavy atom. The van der Waals surface area contributed by atoms with Gasteiger partial charge in [0, 0.05) is 24.3 Å². The van der Waals surface area contributed by atoms with Crippen LogP contribution in [-0.4, -0.2) is 25.4 Å². The fourth-order valence-electron chi connectivity index (χ4n) is 1.71. The first kappa shape index (κ1) is 13.4. The molecule has 0 radical (unpaired) electrons. The highest BCUT2D eigenvalue weighted by atomic mass is 32.1. The Balaban J connectivity index is 1.71. The molecule has 3 N–H and O–H groups in total. The van der Waals surface area contributed by atoms with Gasteiger partial charge in [0.1, 0.15) is 22.8 Å². The van der Waals surface area contributed by atoms with Gasteiger partial charge in [-0.05, 0) is 12.1 Å². The molecule has 0 aliphatic carbocycles. The van der Waals surface area contributed by atoms with Crippen molar-refractivity contribution in [2.24, 2.45) is 5.73 Å². The molecule has 8 heteroatoms. The Bertz CT molecular complexity index is 734. The highest BCUT2D eigenvalue weighted by Gasteiger charge is 2.10. The van der Waals surface area contributed by atoms with E-state index in [9.17, 15) is 4.79 Å². The molecule has 21 heavy (non-hydrogen) atoms. The summed E-state index contributed by atoms with van der Waals surface area (Å²) in [6.07, 6.45) is 6.71. The summed E-state index contributed by atoms with van der Waals surface area (Å²) in [5, 5.41) is 5.16. The Labute approximate surface area is 124 Å². The van der Waals surface area contributed by atoms with Crippen molar-refractivity contribution in [2.45, 2.75) is 6.54 Å². The number of hydrogen-bond donors (Lipinski definition) is 2. The molecule has 0 aromatic carbocycles. The van der Waals surface area contributed by atoms with Crippen LogP contribution >= 0.6 is 11.3 Å². The second-order valence-electron chi connectivity index (χ2n) is 4.16. The van der Waals surface area contributed by atoms with Crippen molar-refractivity contribution < 1.29 is 4.79 Å². The van der Waals surface area contributed by atoms with Gasteiger partial charge in [0.05, 0.1) is 11.9 Å². The van der Waals surface area contributed by atoms with Crippen LogP contribution in [-0.2, 0) is 6.54 Å². The number of amides is 1. The number of imidazole rings is 1. The number of thiazole rings is 1. The van der Waals surface area contributed by atoms with Gasteiger partial charge in [0.15, 0.2) is 0 Å². The van der Waals surface area contributed by atoms with E-state index >= 15 is 0 Å². The largest absolute Gasteiger partial charge is 0.325 e. The average molecular weight is 300 g/mol. The SMILES string of the molecule is NCc1nc(C(=O)Nc2ccc(-n3ccnc3)nc2)cs1. The van der Waals surface area contributed by atoms with E-state index in [0.717, 1.165) is 10.8 Å². The van der Waals surface area contributed by atoms with E-state index in [1.807, 2.05) is 0 Å². The minimum atomic E-state index is -0.275. The Morgan fingerprint density at radius 3 is 2.95 bits per heavy atom. The average Bonchev–Trinajstić information content (AvgIpc) is 3.19. The summed E-state index contributed by atoms with van der Waals surface area (Å²) in [4.78, 5) is 24.4. The highest BCUT2D eigenvalue weighted by Crippen LogP contribution is 2.13. The normalized spacial score (nSPS) is 10.5. The lowest BCUT2D eigenvalue weighted by atomic mass is 10.3. The number of aromatic nitrogens is 4. The molecule has 0 spiro atoms. The van der Waals surface area contributed by atoms with E-state index in [-0.39, 0.29) is 5.91 Å². The van der Waals surface area contributed by atoms with E-state index in [4.69, 9.17) is 5.73 Å². The predicted molar refractivity (Wildman–Crippen MR) is 79.3 cm³/mol. The number of nitrogens with one attached hydrogen (secondary N) is 1. The van der Waals surface area contributed by atoms with E-state index in [0.29, 0.717) is 17.9 Å². The molecule has 0 unspecified atom stereocenters. The van der Waals surface area contributed by atoms with E-state index in [2.05, 4.69) is 20.3 Å². The van der Waals surface area contributed by atoms with Crippen LogP contribution in [0, 0.1) is 0 Å². The molecule has 0 saturated carbocycles. The van der Waals surface area contributed by atoms with Crippen molar-refractivity contribution in [3.63, 3.8) is 0 Å². The number of pyridine rings is 1. The molecule has 1 amide bonds. The maximum Gasteiger partial charge on any atom is 0.275 e. The van der Waals surface area contributed by atoms with E-state index < -0.39 is 0 Å². The highest BCUT2D eigenvalue weighted by molar-refractivity contribution is 7.09. The summed E-state index contributed by atoms with van der Waals surface area (Å²) in [7, 11) is 0. The number of nitrogens with two attached hydrogens (primary N) is 1. The predicted octanol–water partition coefficient (Wildman–Crippen LogP) is 1.43. The van der Waals surface area contributed by atoms with Gasteiger partial charge in [-0.25, -0.2) is 15.0 Å². The van der Waals surface area contributed by atoms with E-state index in [1.165, 1.54) is 11.3 Å². The molecular weight excluding hydrogens is 288 g/mol. The molecule has 0 atom stereocenters. The minimum absolute atomic E-state index is 0.275. The molecule has 7 nitrogen and oxygen atoms in total. The zero-order valence-electron chi connectivity index (χ0n) is 10.9. The van der Waals surface area contributed by atoms with Crippen molar-refractivity contribution in [3.05, 3.63) is 53.1 Å².